The van der Waals surface area contributed by atoms with Gasteiger partial charge in [-0.25, -0.2) is 0 Å². The Morgan fingerprint density at radius 3 is 2.50 bits per heavy atom. The van der Waals surface area contributed by atoms with E-state index in [1.165, 1.54) is 24.6 Å². The second-order valence-corrected chi connectivity index (χ2v) is 5.73. The first-order chi connectivity index (χ1) is 6.52. The normalized spacial score (nSPS) is 19.6. The number of nitrogens with zero attached hydrogens (tertiary/aromatic N) is 1. The van der Waals surface area contributed by atoms with Gasteiger partial charge in [0.1, 0.15) is 0 Å². The third kappa shape index (κ3) is 3.50. The van der Waals surface area contributed by atoms with E-state index in [-0.39, 0.29) is 5.41 Å². The van der Waals surface area contributed by atoms with Crippen LogP contribution in [0.15, 0.2) is 0 Å². The number of thioether (sulfide) groups is 1. The fourth-order valence-electron chi connectivity index (χ4n) is 1.40. The topological polar surface area (TPSA) is 53.1 Å². The highest BCUT2D eigenvalue weighted by Gasteiger charge is 2.22. The van der Waals surface area contributed by atoms with Gasteiger partial charge < -0.3 is 10.6 Å². The van der Waals surface area contributed by atoms with Crippen LogP contribution in [0.4, 0.5) is 0 Å². The summed E-state index contributed by atoms with van der Waals surface area (Å²) in [6, 6.07) is 0. The largest absolute Gasteiger partial charge is 0.387 e. The molecule has 1 heterocycles. The van der Waals surface area contributed by atoms with E-state index in [0.29, 0.717) is 5.84 Å². The lowest BCUT2D eigenvalue weighted by atomic mass is 9.88. The quantitative estimate of drug-likeness (QED) is 0.550. The minimum absolute atomic E-state index is 0.134. The summed E-state index contributed by atoms with van der Waals surface area (Å²) in [5, 5.41) is 7.47. The highest BCUT2D eigenvalue weighted by atomic mass is 32.2. The van der Waals surface area contributed by atoms with Gasteiger partial charge >= 0.3 is 0 Å². The molecule has 0 aromatic rings. The van der Waals surface area contributed by atoms with Crippen LogP contribution in [-0.2, 0) is 0 Å². The summed E-state index contributed by atoms with van der Waals surface area (Å²) in [6.45, 7) is 7.56. The molecule has 0 aliphatic carbocycles. The van der Waals surface area contributed by atoms with Crippen LogP contribution in [-0.4, -0.2) is 41.9 Å². The number of rotatable bonds is 4. The molecule has 3 N–H and O–H groups in total. The van der Waals surface area contributed by atoms with Gasteiger partial charge in [0.05, 0.1) is 5.84 Å². The second-order valence-electron chi connectivity index (χ2n) is 4.50. The Labute approximate surface area is 90.9 Å². The van der Waals surface area contributed by atoms with E-state index in [1.54, 1.807) is 0 Å². The molecule has 0 atom stereocenters. The standard InChI is InChI=1S/C10H21N3S/c1-10(2,9(11)12)3-4-13-5-7-14-8-6-13/h3-8H2,1-2H3,(H3,11,12). The van der Waals surface area contributed by atoms with Gasteiger partial charge in [-0.05, 0) is 13.0 Å². The molecular formula is C10H21N3S. The van der Waals surface area contributed by atoms with E-state index in [9.17, 15) is 0 Å². The van der Waals surface area contributed by atoms with Gasteiger partial charge in [0.15, 0.2) is 0 Å². The van der Waals surface area contributed by atoms with E-state index >= 15 is 0 Å². The van der Waals surface area contributed by atoms with E-state index in [2.05, 4.69) is 4.90 Å². The van der Waals surface area contributed by atoms with E-state index in [4.69, 9.17) is 11.1 Å². The maximum atomic E-state index is 7.47. The molecule has 0 bridgehead atoms. The average Bonchev–Trinajstić information content (AvgIpc) is 2.16. The average molecular weight is 215 g/mol. The summed E-state index contributed by atoms with van der Waals surface area (Å²) in [5.74, 6) is 2.81. The van der Waals surface area contributed by atoms with Crippen molar-refractivity contribution in [3.8, 4) is 0 Å². The lowest BCUT2D eigenvalue weighted by Crippen LogP contribution is -2.38. The molecule has 0 amide bonds. The maximum Gasteiger partial charge on any atom is 0.0963 e. The van der Waals surface area contributed by atoms with Crippen molar-refractivity contribution < 1.29 is 0 Å². The van der Waals surface area contributed by atoms with Crippen LogP contribution in [0.2, 0.25) is 0 Å². The van der Waals surface area contributed by atoms with Crippen molar-refractivity contribution in [2.45, 2.75) is 20.3 Å². The first-order valence-corrected chi connectivity index (χ1v) is 6.32. The third-order valence-corrected chi connectivity index (χ3v) is 3.83. The molecule has 14 heavy (non-hydrogen) atoms. The van der Waals surface area contributed by atoms with Crippen LogP contribution < -0.4 is 5.73 Å². The lowest BCUT2D eigenvalue weighted by molar-refractivity contribution is 0.266. The number of amidine groups is 1. The fourth-order valence-corrected chi connectivity index (χ4v) is 2.38. The number of hydrogen-bond donors (Lipinski definition) is 2. The van der Waals surface area contributed by atoms with Gasteiger partial charge in [-0.3, -0.25) is 5.41 Å². The Hall–Kier alpha value is -0.220. The van der Waals surface area contributed by atoms with Gasteiger partial charge in [-0.2, -0.15) is 11.8 Å². The van der Waals surface area contributed by atoms with Crippen molar-refractivity contribution in [1.82, 2.24) is 4.90 Å². The highest BCUT2D eigenvalue weighted by molar-refractivity contribution is 7.99. The molecule has 82 valence electrons. The second kappa shape index (κ2) is 5.03. The molecule has 1 fully saturated rings. The molecule has 1 aliphatic rings. The van der Waals surface area contributed by atoms with E-state index < -0.39 is 0 Å². The Morgan fingerprint density at radius 2 is 2.00 bits per heavy atom. The Bertz CT molecular complexity index is 198. The summed E-state index contributed by atoms with van der Waals surface area (Å²) < 4.78 is 0. The van der Waals surface area contributed by atoms with Crippen molar-refractivity contribution >= 4 is 17.6 Å². The first-order valence-electron chi connectivity index (χ1n) is 5.17. The van der Waals surface area contributed by atoms with Crippen LogP contribution in [0.25, 0.3) is 0 Å². The van der Waals surface area contributed by atoms with Gasteiger partial charge in [0.2, 0.25) is 0 Å². The first kappa shape index (κ1) is 11.9. The molecule has 1 saturated heterocycles. The molecule has 4 heteroatoms. The van der Waals surface area contributed by atoms with Gasteiger partial charge in [-0.1, -0.05) is 13.8 Å². The molecule has 3 nitrogen and oxygen atoms in total. The van der Waals surface area contributed by atoms with Crippen molar-refractivity contribution in [2.75, 3.05) is 31.1 Å². The summed E-state index contributed by atoms with van der Waals surface area (Å²) in [7, 11) is 0. The molecule has 0 radical (unpaired) electrons. The Kier molecular flexibility index (Phi) is 4.26. The summed E-state index contributed by atoms with van der Waals surface area (Å²) in [5.41, 5.74) is 5.41. The van der Waals surface area contributed by atoms with Crippen molar-refractivity contribution in [3.63, 3.8) is 0 Å². The van der Waals surface area contributed by atoms with Crippen molar-refractivity contribution in [1.29, 1.82) is 5.41 Å². The predicted molar refractivity (Wildman–Crippen MR) is 64.1 cm³/mol. The lowest BCUT2D eigenvalue weighted by Gasteiger charge is -2.30. The molecule has 0 unspecified atom stereocenters. The molecule has 1 aliphatic heterocycles. The molecule has 0 aromatic heterocycles. The minimum Gasteiger partial charge on any atom is -0.387 e. The van der Waals surface area contributed by atoms with Crippen LogP contribution in [0.5, 0.6) is 0 Å². The maximum absolute atomic E-state index is 7.47. The van der Waals surface area contributed by atoms with Crippen LogP contribution >= 0.6 is 11.8 Å². The summed E-state index contributed by atoms with van der Waals surface area (Å²) in [4.78, 5) is 2.47. The zero-order valence-electron chi connectivity index (χ0n) is 9.18. The molecule has 0 spiro atoms. The fraction of sp³-hybridized carbons (Fsp3) is 0.900. The zero-order valence-corrected chi connectivity index (χ0v) is 9.99. The third-order valence-electron chi connectivity index (χ3n) is 2.89. The predicted octanol–water partition coefficient (Wildman–Crippen LogP) is 1.39. The van der Waals surface area contributed by atoms with Gasteiger partial charge in [-0.15, -0.1) is 0 Å². The summed E-state index contributed by atoms with van der Waals surface area (Å²) in [6.07, 6.45) is 0.993. The molecular weight excluding hydrogens is 194 g/mol. The minimum atomic E-state index is -0.134. The van der Waals surface area contributed by atoms with Crippen molar-refractivity contribution in [2.24, 2.45) is 11.1 Å². The summed E-state index contributed by atoms with van der Waals surface area (Å²) >= 11 is 2.03. The Morgan fingerprint density at radius 1 is 1.43 bits per heavy atom. The smallest absolute Gasteiger partial charge is 0.0963 e. The number of nitrogens with one attached hydrogen (secondary N) is 1. The van der Waals surface area contributed by atoms with Gasteiger partial charge in [0, 0.05) is 30.0 Å². The highest BCUT2D eigenvalue weighted by Crippen LogP contribution is 2.21. The van der Waals surface area contributed by atoms with Crippen molar-refractivity contribution in [3.05, 3.63) is 0 Å². The number of hydrogen-bond acceptors (Lipinski definition) is 3. The Balaban J connectivity index is 2.28. The number of nitrogens with two attached hydrogens (primary N) is 1. The SMILES string of the molecule is CC(C)(CCN1CCSCC1)C(=N)N. The van der Waals surface area contributed by atoms with E-state index in [1.807, 2.05) is 25.6 Å². The van der Waals surface area contributed by atoms with Crippen LogP contribution in [0, 0.1) is 10.8 Å². The van der Waals surface area contributed by atoms with Crippen LogP contribution in [0.1, 0.15) is 20.3 Å². The molecule has 0 aromatic carbocycles. The van der Waals surface area contributed by atoms with Gasteiger partial charge in [0.25, 0.3) is 0 Å². The zero-order chi connectivity index (χ0) is 10.6. The van der Waals surface area contributed by atoms with Crippen LogP contribution in [0.3, 0.4) is 0 Å². The molecule has 1 rings (SSSR count). The molecule has 0 saturated carbocycles. The monoisotopic (exact) mass is 215 g/mol. The van der Waals surface area contributed by atoms with E-state index in [0.717, 1.165) is 13.0 Å².